The summed E-state index contributed by atoms with van der Waals surface area (Å²) >= 11 is 0. The minimum Gasteiger partial charge on any atom is -0.365 e. The van der Waals surface area contributed by atoms with Gasteiger partial charge in [0.2, 0.25) is 0 Å². The molecule has 4 bridgehead atoms. The number of hydrogen-bond acceptors (Lipinski definition) is 2. The van der Waals surface area contributed by atoms with Gasteiger partial charge < -0.3 is 9.84 Å². The fraction of sp³-hybridized carbons (Fsp3) is 1.00. The molecule has 92 valence electrons. The SMILES string of the molecule is C[C@@H]1[C@@]2(C)CC[C@@H]3[C@H]2CC[C@@]1(C)O[C@@]3(C)O. The van der Waals surface area contributed by atoms with Gasteiger partial charge in [-0.1, -0.05) is 13.8 Å². The average Bonchev–Trinajstić information content (AvgIpc) is 2.45. The highest BCUT2D eigenvalue weighted by Gasteiger charge is 2.65. The van der Waals surface area contributed by atoms with Gasteiger partial charge in [0.1, 0.15) is 0 Å². The Morgan fingerprint density at radius 3 is 2.38 bits per heavy atom. The predicted octanol–water partition coefficient (Wildman–Crippen LogP) is 2.95. The minimum absolute atomic E-state index is 0.121. The van der Waals surface area contributed by atoms with Gasteiger partial charge in [-0.15, -0.1) is 0 Å². The van der Waals surface area contributed by atoms with Gasteiger partial charge in [-0.2, -0.15) is 0 Å². The maximum Gasteiger partial charge on any atom is 0.166 e. The maximum absolute atomic E-state index is 10.6. The van der Waals surface area contributed by atoms with Gasteiger partial charge >= 0.3 is 0 Å². The van der Waals surface area contributed by atoms with E-state index in [2.05, 4.69) is 20.8 Å². The van der Waals surface area contributed by atoms with Gasteiger partial charge in [-0.25, -0.2) is 0 Å². The molecule has 4 rings (SSSR count). The zero-order valence-corrected chi connectivity index (χ0v) is 10.9. The Bertz CT molecular complexity index is 325. The molecule has 1 N–H and O–H groups in total. The van der Waals surface area contributed by atoms with E-state index < -0.39 is 5.79 Å². The Balaban J connectivity index is 2.13. The lowest BCUT2D eigenvalue weighted by Crippen LogP contribution is -2.50. The van der Waals surface area contributed by atoms with Crippen molar-refractivity contribution in [3.8, 4) is 0 Å². The summed E-state index contributed by atoms with van der Waals surface area (Å²) in [6.45, 7) is 8.84. The first-order valence-electron chi connectivity index (χ1n) is 6.72. The van der Waals surface area contributed by atoms with Gasteiger partial charge in [0, 0.05) is 5.92 Å². The first kappa shape index (κ1) is 11.0. The Labute approximate surface area is 98.4 Å². The van der Waals surface area contributed by atoms with Crippen molar-refractivity contribution in [2.75, 3.05) is 0 Å². The third-order valence-electron chi connectivity index (χ3n) is 6.31. The molecular weight excluding hydrogens is 200 g/mol. The lowest BCUT2D eigenvalue weighted by molar-refractivity contribution is -0.281. The van der Waals surface area contributed by atoms with Crippen molar-refractivity contribution in [3.63, 3.8) is 0 Å². The second kappa shape index (κ2) is 2.84. The molecule has 2 saturated heterocycles. The van der Waals surface area contributed by atoms with Gasteiger partial charge in [0.15, 0.2) is 5.79 Å². The van der Waals surface area contributed by atoms with Crippen molar-refractivity contribution in [1.29, 1.82) is 0 Å². The van der Waals surface area contributed by atoms with Crippen LogP contribution in [-0.2, 0) is 4.74 Å². The summed E-state index contributed by atoms with van der Waals surface area (Å²) < 4.78 is 6.14. The second-order valence-electron chi connectivity index (χ2n) is 6.99. The van der Waals surface area contributed by atoms with E-state index in [4.69, 9.17) is 4.74 Å². The quantitative estimate of drug-likeness (QED) is 0.685. The van der Waals surface area contributed by atoms with Crippen molar-refractivity contribution in [2.24, 2.45) is 23.2 Å². The molecule has 6 atom stereocenters. The van der Waals surface area contributed by atoms with E-state index in [0.717, 1.165) is 12.8 Å². The van der Waals surface area contributed by atoms with Crippen LogP contribution in [0.5, 0.6) is 0 Å². The standard InChI is InChI=1S/C14H24O2/c1-9-12(2)7-5-11-10(12)6-8-13(9,3)16-14(11,4)15/h9-11,15H,5-8H2,1-4H3/t9-,10-,11-,12-,13-,14-/m1/s1. The van der Waals surface area contributed by atoms with Gasteiger partial charge in [0.05, 0.1) is 5.60 Å². The molecule has 2 heterocycles. The molecule has 2 heteroatoms. The summed E-state index contributed by atoms with van der Waals surface area (Å²) in [4.78, 5) is 0. The van der Waals surface area contributed by atoms with Crippen LogP contribution in [0.3, 0.4) is 0 Å². The molecule has 2 saturated carbocycles. The van der Waals surface area contributed by atoms with E-state index in [9.17, 15) is 5.11 Å². The third-order valence-corrected chi connectivity index (χ3v) is 6.31. The highest BCUT2D eigenvalue weighted by Crippen LogP contribution is 2.66. The fourth-order valence-electron chi connectivity index (χ4n) is 5.07. The molecule has 0 aromatic carbocycles. The van der Waals surface area contributed by atoms with Crippen molar-refractivity contribution >= 4 is 0 Å². The van der Waals surface area contributed by atoms with E-state index in [0.29, 0.717) is 23.2 Å². The zero-order chi connectivity index (χ0) is 11.8. The van der Waals surface area contributed by atoms with Crippen LogP contribution in [0.25, 0.3) is 0 Å². The first-order valence-corrected chi connectivity index (χ1v) is 6.72. The minimum atomic E-state index is -0.904. The number of rotatable bonds is 0. The number of fused-ring (bicyclic) bond motifs is 2. The highest BCUT2D eigenvalue weighted by molar-refractivity contribution is 5.11. The molecule has 0 unspecified atom stereocenters. The highest BCUT2D eigenvalue weighted by atomic mass is 16.6. The summed E-state index contributed by atoms with van der Waals surface area (Å²) in [5, 5.41) is 10.6. The zero-order valence-electron chi connectivity index (χ0n) is 10.9. The van der Waals surface area contributed by atoms with E-state index >= 15 is 0 Å². The molecule has 0 amide bonds. The Kier molecular flexibility index (Phi) is 1.96. The maximum atomic E-state index is 10.6. The van der Waals surface area contributed by atoms with Crippen molar-refractivity contribution in [2.45, 2.75) is 64.8 Å². The molecule has 2 nitrogen and oxygen atoms in total. The fourth-order valence-corrected chi connectivity index (χ4v) is 5.07. The van der Waals surface area contributed by atoms with E-state index in [1.54, 1.807) is 0 Å². The lowest BCUT2D eigenvalue weighted by Gasteiger charge is -2.50. The van der Waals surface area contributed by atoms with Gasteiger partial charge in [-0.05, 0) is 56.8 Å². The van der Waals surface area contributed by atoms with Crippen LogP contribution >= 0.6 is 0 Å². The molecule has 0 spiro atoms. The smallest absolute Gasteiger partial charge is 0.166 e. The molecular formula is C14H24O2. The van der Waals surface area contributed by atoms with Crippen molar-refractivity contribution < 1.29 is 9.84 Å². The Hall–Kier alpha value is -0.0800. The molecule has 0 radical (unpaired) electrons. The first-order chi connectivity index (χ1) is 7.30. The molecule has 2 aliphatic carbocycles. The number of hydrogen-bond donors (Lipinski definition) is 1. The summed E-state index contributed by atoms with van der Waals surface area (Å²) in [5.41, 5.74) is 0.266. The predicted molar refractivity (Wildman–Crippen MR) is 62.8 cm³/mol. The van der Waals surface area contributed by atoms with Crippen molar-refractivity contribution in [3.05, 3.63) is 0 Å². The Morgan fingerprint density at radius 2 is 1.69 bits per heavy atom. The van der Waals surface area contributed by atoms with Crippen LogP contribution in [0, 0.1) is 23.2 Å². The molecule has 0 aromatic rings. The monoisotopic (exact) mass is 224 g/mol. The topological polar surface area (TPSA) is 29.5 Å². The van der Waals surface area contributed by atoms with Crippen LogP contribution in [0.4, 0.5) is 0 Å². The van der Waals surface area contributed by atoms with Crippen LogP contribution in [0.1, 0.15) is 53.4 Å². The summed E-state index contributed by atoms with van der Waals surface area (Å²) in [6.07, 6.45) is 4.74. The van der Waals surface area contributed by atoms with Crippen LogP contribution < -0.4 is 0 Å². The molecule has 0 aromatic heterocycles. The second-order valence-corrected chi connectivity index (χ2v) is 6.99. The van der Waals surface area contributed by atoms with E-state index in [-0.39, 0.29) is 5.60 Å². The van der Waals surface area contributed by atoms with Crippen LogP contribution in [0.15, 0.2) is 0 Å². The average molecular weight is 224 g/mol. The lowest BCUT2D eigenvalue weighted by atomic mass is 9.57. The number of ether oxygens (including phenoxy) is 1. The van der Waals surface area contributed by atoms with Crippen LogP contribution in [-0.4, -0.2) is 16.5 Å². The Morgan fingerprint density at radius 1 is 1.06 bits per heavy atom. The molecule has 16 heavy (non-hydrogen) atoms. The molecule has 4 fully saturated rings. The van der Waals surface area contributed by atoms with Gasteiger partial charge in [-0.3, -0.25) is 0 Å². The normalized spacial score (nSPS) is 64.7. The van der Waals surface area contributed by atoms with Gasteiger partial charge in [0.25, 0.3) is 0 Å². The molecule has 4 aliphatic rings. The van der Waals surface area contributed by atoms with E-state index in [1.807, 2.05) is 6.92 Å². The number of aliphatic hydroxyl groups is 1. The van der Waals surface area contributed by atoms with Crippen LogP contribution in [0.2, 0.25) is 0 Å². The summed E-state index contributed by atoms with van der Waals surface area (Å²) in [5.74, 6) is 0.661. The summed E-state index contributed by atoms with van der Waals surface area (Å²) in [6, 6.07) is 0. The molecule has 2 aliphatic heterocycles. The third kappa shape index (κ3) is 1.10. The largest absolute Gasteiger partial charge is 0.365 e. The summed E-state index contributed by atoms with van der Waals surface area (Å²) in [7, 11) is 0. The van der Waals surface area contributed by atoms with Crippen molar-refractivity contribution in [1.82, 2.24) is 0 Å². The van der Waals surface area contributed by atoms with E-state index in [1.165, 1.54) is 12.8 Å².